The number of hydrogen-bond donors (Lipinski definition) is 2. The standard InChI is InChI=1S/C8H11FN2O2/c1-5(2)13-8-3-7(10)6(9)4-11(8)12/h3-5,10,12H,1-2H3/p+1. The highest BCUT2D eigenvalue weighted by atomic mass is 19.1. The first-order valence-electron chi connectivity index (χ1n) is 3.87. The lowest BCUT2D eigenvalue weighted by Gasteiger charge is -2.05. The lowest BCUT2D eigenvalue weighted by molar-refractivity contribution is -0.907. The number of hydrogen-bond acceptors (Lipinski definition) is 3. The fourth-order valence-corrected chi connectivity index (χ4v) is 0.843. The molecule has 3 N–H and O–H groups in total. The highest BCUT2D eigenvalue weighted by Crippen LogP contribution is 2.13. The van der Waals surface area contributed by atoms with Gasteiger partial charge in [-0.2, -0.15) is 4.39 Å². The Labute approximate surface area is 75.3 Å². The second kappa shape index (κ2) is 3.47. The number of rotatable bonds is 2. The van der Waals surface area contributed by atoms with Crippen molar-refractivity contribution in [3.05, 3.63) is 18.1 Å². The molecule has 1 heterocycles. The van der Waals surface area contributed by atoms with Gasteiger partial charge in [0.2, 0.25) is 5.82 Å². The topological polar surface area (TPSA) is 59.4 Å². The molecule has 0 atom stereocenters. The van der Waals surface area contributed by atoms with Gasteiger partial charge in [-0.3, -0.25) is 5.21 Å². The summed E-state index contributed by atoms with van der Waals surface area (Å²) in [5, 5.41) is 9.16. The van der Waals surface area contributed by atoms with Gasteiger partial charge in [0.15, 0.2) is 0 Å². The summed E-state index contributed by atoms with van der Waals surface area (Å²) in [6.45, 7) is 3.58. The van der Waals surface area contributed by atoms with E-state index in [2.05, 4.69) is 0 Å². The molecule has 13 heavy (non-hydrogen) atoms. The molecule has 4 nitrogen and oxygen atoms in total. The van der Waals surface area contributed by atoms with E-state index < -0.39 is 5.82 Å². The number of nitrogens with two attached hydrogens (primary N) is 1. The lowest BCUT2D eigenvalue weighted by atomic mass is 10.4. The van der Waals surface area contributed by atoms with Crippen molar-refractivity contribution < 1.29 is 19.1 Å². The van der Waals surface area contributed by atoms with E-state index in [1.165, 1.54) is 6.07 Å². The smallest absolute Gasteiger partial charge is 0.419 e. The first-order chi connectivity index (χ1) is 6.00. The third-order valence-corrected chi connectivity index (χ3v) is 1.37. The van der Waals surface area contributed by atoms with Crippen LogP contribution in [0.25, 0.3) is 0 Å². The van der Waals surface area contributed by atoms with Crippen LogP contribution < -0.4 is 15.2 Å². The summed E-state index contributed by atoms with van der Waals surface area (Å²) in [5.74, 6) is -0.562. The van der Waals surface area contributed by atoms with Crippen LogP contribution in [0.1, 0.15) is 13.8 Å². The average molecular weight is 187 g/mol. The summed E-state index contributed by atoms with van der Waals surface area (Å²) >= 11 is 0. The summed E-state index contributed by atoms with van der Waals surface area (Å²) in [6.07, 6.45) is 0.746. The number of anilines is 1. The molecule has 0 unspecified atom stereocenters. The van der Waals surface area contributed by atoms with Crippen LogP contribution in [0.2, 0.25) is 0 Å². The van der Waals surface area contributed by atoms with Gasteiger partial charge in [0.1, 0.15) is 0 Å². The van der Waals surface area contributed by atoms with Gasteiger partial charge >= 0.3 is 5.88 Å². The fourth-order valence-electron chi connectivity index (χ4n) is 0.843. The van der Waals surface area contributed by atoms with E-state index in [0.717, 1.165) is 6.20 Å². The predicted molar refractivity (Wildman–Crippen MR) is 44.0 cm³/mol. The molecule has 1 aromatic rings. The molecule has 0 fully saturated rings. The molecule has 1 aromatic heterocycles. The Balaban J connectivity index is 3.01. The van der Waals surface area contributed by atoms with Crippen LogP contribution in [0.3, 0.4) is 0 Å². The van der Waals surface area contributed by atoms with Crippen molar-refractivity contribution in [2.75, 3.05) is 5.73 Å². The summed E-state index contributed by atoms with van der Waals surface area (Å²) < 4.78 is 18.4. The Hall–Kier alpha value is -1.52. The third-order valence-electron chi connectivity index (χ3n) is 1.37. The van der Waals surface area contributed by atoms with Crippen LogP contribution in [-0.4, -0.2) is 11.3 Å². The van der Waals surface area contributed by atoms with Crippen LogP contribution in [0, 0.1) is 5.82 Å². The molecule has 5 heteroatoms. The van der Waals surface area contributed by atoms with Gasteiger partial charge in [0, 0.05) is 4.73 Å². The third kappa shape index (κ3) is 2.21. The fraction of sp³-hybridized carbons (Fsp3) is 0.375. The molecule has 0 spiro atoms. The van der Waals surface area contributed by atoms with Gasteiger partial charge in [0.25, 0.3) is 6.20 Å². The normalized spacial score (nSPS) is 10.5. The minimum Gasteiger partial charge on any atom is -0.438 e. The number of halogens is 1. The zero-order valence-corrected chi connectivity index (χ0v) is 7.49. The number of ether oxygens (including phenoxy) is 1. The van der Waals surface area contributed by atoms with Crippen LogP contribution >= 0.6 is 0 Å². The van der Waals surface area contributed by atoms with E-state index in [4.69, 9.17) is 15.7 Å². The van der Waals surface area contributed by atoms with E-state index in [1.807, 2.05) is 0 Å². The maximum atomic E-state index is 12.7. The van der Waals surface area contributed by atoms with Gasteiger partial charge in [-0.05, 0) is 13.8 Å². The van der Waals surface area contributed by atoms with Gasteiger partial charge in [0.05, 0.1) is 17.9 Å². The van der Waals surface area contributed by atoms with E-state index in [9.17, 15) is 4.39 Å². The van der Waals surface area contributed by atoms with Crippen LogP contribution in [-0.2, 0) is 0 Å². The highest BCUT2D eigenvalue weighted by Gasteiger charge is 2.17. The second-order valence-electron chi connectivity index (χ2n) is 2.93. The van der Waals surface area contributed by atoms with E-state index in [-0.39, 0.29) is 17.7 Å². The zero-order chi connectivity index (χ0) is 10.0. The zero-order valence-electron chi connectivity index (χ0n) is 7.49. The highest BCUT2D eigenvalue weighted by molar-refractivity contribution is 5.39. The van der Waals surface area contributed by atoms with Crippen molar-refractivity contribution in [2.45, 2.75) is 20.0 Å². The molecule has 0 saturated heterocycles. The summed E-state index contributed by atoms with van der Waals surface area (Å²) in [7, 11) is 0. The van der Waals surface area contributed by atoms with Crippen LogP contribution in [0.5, 0.6) is 5.88 Å². The molecule has 72 valence electrons. The van der Waals surface area contributed by atoms with Gasteiger partial charge in [-0.25, -0.2) is 0 Å². The number of nitrogen functional groups attached to an aromatic ring is 1. The molecule has 0 aromatic carbocycles. The summed E-state index contributed by atoms with van der Waals surface area (Å²) in [6, 6.07) is 1.23. The van der Waals surface area contributed by atoms with E-state index >= 15 is 0 Å². The van der Waals surface area contributed by atoms with E-state index in [0.29, 0.717) is 4.73 Å². The number of aromatic nitrogens is 1. The maximum Gasteiger partial charge on any atom is 0.419 e. The Bertz CT molecular complexity index is 315. The molecule has 0 amide bonds. The monoisotopic (exact) mass is 187 g/mol. The second-order valence-corrected chi connectivity index (χ2v) is 2.93. The summed E-state index contributed by atoms with van der Waals surface area (Å²) in [5.41, 5.74) is 5.23. The molecule has 0 bridgehead atoms. The Morgan fingerprint density at radius 3 is 2.77 bits per heavy atom. The van der Waals surface area contributed by atoms with Crippen molar-refractivity contribution in [1.82, 2.24) is 0 Å². The van der Waals surface area contributed by atoms with Crippen molar-refractivity contribution in [1.29, 1.82) is 0 Å². The van der Waals surface area contributed by atoms with Gasteiger partial charge in [-0.1, -0.05) is 0 Å². The maximum absolute atomic E-state index is 12.7. The number of pyridine rings is 1. The van der Waals surface area contributed by atoms with Gasteiger partial charge in [-0.15, -0.1) is 0 Å². The van der Waals surface area contributed by atoms with Crippen molar-refractivity contribution >= 4 is 5.69 Å². The van der Waals surface area contributed by atoms with Gasteiger partial charge < -0.3 is 10.5 Å². The Morgan fingerprint density at radius 1 is 1.62 bits per heavy atom. The Morgan fingerprint density at radius 2 is 2.23 bits per heavy atom. The van der Waals surface area contributed by atoms with Crippen molar-refractivity contribution in [3.63, 3.8) is 0 Å². The largest absolute Gasteiger partial charge is 0.438 e. The quantitative estimate of drug-likeness (QED) is 0.529. The molecule has 0 radical (unpaired) electrons. The predicted octanol–water partition coefficient (Wildman–Crippen LogP) is 0.720. The number of nitrogens with zero attached hydrogens (tertiary/aromatic N) is 1. The van der Waals surface area contributed by atoms with Crippen LogP contribution in [0.15, 0.2) is 12.3 Å². The summed E-state index contributed by atoms with van der Waals surface area (Å²) in [4.78, 5) is 0. The first-order valence-corrected chi connectivity index (χ1v) is 3.87. The lowest BCUT2D eigenvalue weighted by Crippen LogP contribution is -2.34. The SMILES string of the molecule is CC(C)Oc1cc(N)c(F)c[n+]1O. The molecular formula is C8H12FN2O2+. The molecular weight excluding hydrogens is 175 g/mol. The molecule has 0 aliphatic carbocycles. The first kappa shape index (κ1) is 9.57. The minimum atomic E-state index is -0.682. The molecule has 0 aliphatic heterocycles. The average Bonchev–Trinajstić information content (AvgIpc) is 1.99. The van der Waals surface area contributed by atoms with E-state index in [1.54, 1.807) is 13.8 Å². The van der Waals surface area contributed by atoms with Crippen LogP contribution in [0.4, 0.5) is 10.1 Å². The molecule has 0 aliphatic rings. The van der Waals surface area contributed by atoms with Crippen molar-refractivity contribution in [2.24, 2.45) is 0 Å². The molecule has 1 rings (SSSR count). The van der Waals surface area contributed by atoms with Crippen molar-refractivity contribution in [3.8, 4) is 5.88 Å². The minimum absolute atomic E-state index is 0.0547. The Kier molecular flexibility index (Phi) is 2.55. The molecule has 0 saturated carbocycles.